The molecule has 3 heterocycles. The zero-order valence-corrected chi connectivity index (χ0v) is 16.2. The Morgan fingerprint density at radius 3 is 3.00 bits per heavy atom. The van der Waals surface area contributed by atoms with Gasteiger partial charge in [0.1, 0.15) is 12.1 Å². The van der Waals surface area contributed by atoms with Crippen LogP contribution in [0.15, 0.2) is 30.7 Å². The molecule has 2 aromatic rings. The Balaban J connectivity index is 1.85. The van der Waals surface area contributed by atoms with E-state index in [4.69, 9.17) is 4.74 Å². The molecule has 1 aliphatic rings. The molecule has 2 N–H and O–H groups in total. The van der Waals surface area contributed by atoms with Gasteiger partial charge in [-0.2, -0.15) is 11.8 Å². The molecule has 0 spiro atoms. The molecular weight excluding hydrogens is 366 g/mol. The molecule has 0 saturated heterocycles. The summed E-state index contributed by atoms with van der Waals surface area (Å²) in [7, 11) is 1.33. The molecule has 0 bridgehead atoms. The first-order chi connectivity index (χ1) is 13.2. The number of ether oxygens (including phenoxy) is 1. The van der Waals surface area contributed by atoms with Crippen LogP contribution in [0.2, 0.25) is 0 Å². The Bertz CT molecular complexity index is 782. The van der Waals surface area contributed by atoms with Crippen molar-refractivity contribution in [1.82, 2.24) is 25.2 Å². The Labute approximate surface area is 162 Å². The van der Waals surface area contributed by atoms with Crippen LogP contribution in [-0.4, -0.2) is 63.6 Å². The number of thioether (sulfide) groups is 1. The molecule has 3 rings (SSSR count). The maximum absolute atomic E-state index is 13.0. The second-order valence-electron chi connectivity index (χ2n) is 6.17. The van der Waals surface area contributed by atoms with Crippen molar-refractivity contribution in [2.75, 3.05) is 25.7 Å². The highest BCUT2D eigenvalue weighted by molar-refractivity contribution is 7.98. The summed E-state index contributed by atoms with van der Waals surface area (Å²) in [4.78, 5) is 38.8. The first-order valence-electron chi connectivity index (χ1n) is 8.72. The standard InChI is InChI=1S/C18H23N5O3S/c1-26-17(24)14(7-10-27-2)22-18(25)23-9-6-12-15(21-11-20-12)16(23)13-5-3-4-8-19-13/h3-5,8,11,14,16H,6-7,9-10H2,1-2H3,(H,20,21)(H,22,25)/t14-,16-/m0/s1. The Morgan fingerprint density at radius 1 is 1.44 bits per heavy atom. The average molecular weight is 389 g/mol. The van der Waals surface area contributed by atoms with Gasteiger partial charge in [0.25, 0.3) is 0 Å². The smallest absolute Gasteiger partial charge is 0.328 e. The molecule has 144 valence electrons. The lowest BCUT2D eigenvalue weighted by Crippen LogP contribution is -2.51. The number of rotatable bonds is 6. The lowest BCUT2D eigenvalue weighted by Gasteiger charge is -2.35. The van der Waals surface area contributed by atoms with E-state index in [1.165, 1.54) is 7.11 Å². The van der Waals surface area contributed by atoms with Gasteiger partial charge < -0.3 is 19.9 Å². The minimum Gasteiger partial charge on any atom is -0.467 e. The van der Waals surface area contributed by atoms with Crippen molar-refractivity contribution < 1.29 is 14.3 Å². The van der Waals surface area contributed by atoms with E-state index in [0.29, 0.717) is 19.4 Å². The normalized spacial score (nSPS) is 17.1. The number of nitrogens with zero attached hydrogens (tertiary/aromatic N) is 3. The topological polar surface area (TPSA) is 100 Å². The van der Waals surface area contributed by atoms with E-state index in [1.807, 2.05) is 24.5 Å². The van der Waals surface area contributed by atoms with Crippen molar-refractivity contribution >= 4 is 23.8 Å². The molecule has 0 fully saturated rings. The zero-order chi connectivity index (χ0) is 19.2. The fourth-order valence-corrected chi connectivity index (χ4v) is 3.66. The van der Waals surface area contributed by atoms with E-state index < -0.39 is 18.1 Å². The molecule has 9 heteroatoms. The van der Waals surface area contributed by atoms with Gasteiger partial charge in [0.2, 0.25) is 0 Å². The van der Waals surface area contributed by atoms with E-state index in [9.17, 15) is 9.59 Å². The predicted molar refractivity (Wildman–Crippen MR) is 102 cm³/mol. The summed E-state index contributed by atoms with van der Waals surface area (Å²) in [6, 6.07) is 4.18. The van der Waals surface area contributed by atoms with Crippen LogP contribution in [0, 0.1) is 0 Å². The molecule has 27 heavy (non-hydrogen) atoms. The van der Waals surface area contributed by atoms with Gasteiger partial charge in [-0.1, -0.05) is 6.07 Å². The van der Waals surface area contributed by atoms with Gasteiger partial charge in [-0.25, -0.2) is 14.6 Å². The first-order valence-corrected chi connectivity index (χ1v) is 10.1. The predicted octanol–water partition coefficient (Wildman–Crippen LogP) is 1.76. The number of pyridine rings is 1. The number of carbonyl (C=O) groups excluding carboxylic acids is 2. The summed E-state index contributed by atoms with van der Waals surface area (Å²) < 4.78 is 4.84. The lowest BCUT2D eigenvalue weighted by atomic mass is 9.99. The number of carbonyl (C=O) groups is 2. The van der Waals surface area contributed by atoms with Crippen molar-refractivity contribution in [3.63, 3.8) is 0 Å². The average Bonchev–Trinajstić information content (AvgIpc) is 3.19. The summed E-state index contributed by atoms with van der Waals surface area (Å²) in [5.74, 6) is 0.303. The number of hydrogen-bond acceptors (Lipinski definition) is 6. The summed E-state index contributed by atoms with van der Waals surface area (Å²) >= 11 is 1.61. The molecule has 2 aromatic heterocycles. The van der Waals surface area contributed by atoms with Crippen LogP contribution in [0.4, 0.5) is 4.79 Å². The SMILES string of the molecule is COC(=O)[C@H](CCSC)NC(=O)N1CCc2[nH]cnc2[C@@H]1c1ccccn1. The summed E-state index contributed by atoms with van der Waals surface area (Å²) in [6.07, 6.45) is 6.46. The van der Waals surface area contributed by atoms with E-state index >= 15 is 0 Å². The number of nitrogens with one attached hydrogen (secondary N) is 2. The second-order valence-corrected chi connectivity index (χ2v) is 7.16. The van der Waals surface area contributed by atoms with Crippen LogP contribution in [0.5, 0.6) is 0 Å². The molecule has 0 aromatic carbocycles. The van der Waals surface area contributed by atoms with Gasteiger partial charge in [-0.05, 0) is 30.6 Å². The Hall–Kier alpha value is -2.55. The van der Waals surface area contributed by atoms with Crippen LogP contribution in [0.1, 0.15) is 29.5 Å². The maximum Gasteiger partial charge on any atom is 0.328 e. The van der Waals surface area contributed by atoms with Crippen LogP contribution in [0.25, 0.3) is 0 Å². The number of aromatic nitrogens is 3. The van der Waals surface area contributed by atoms with Crippen LogP contribution in [0.3, 0.4) is 0 Å². The van der Waals surface area contributed by atoms with Gasteiger partial charge >= 0.3 is 12.0 Å². The summed E-state index contributed by atoms with van der Waals surface area (Å²) in [5.41, 5.74) is 2.52. The highest BCUT2D eigenvalue weighted by Crippen LogP contribution is 2.32. The third kappa shape index (κ3) is 4.24. The number of esters is 1. The number of hydrogen-bond donors (Lipinski definition) is 2. The number of H-pyrrole nitrogens is 1. The lowest BCUT2D eigenvalue weighted by molar-refractivity contribution is -0.142. The van der Waals surface area contributed by atoms with E-state index in [-0.39, 0.29) is 6.03 Å². The highest BCUT2D eigenvalue weighted by Gasteiger charge is 2.36. The van der Waals surface area contributed by atoms with E-state index in [2.05, 4.69) is 20.3 Å². The Morgan fingerprint density at radius 2 is 2.30 bits per heavy atom. The fraction of sp³-hybridized carbons (Fsp3) is 0.444. The number of aromatic amines is 1. The van der Waals surface area contributed by atoms with Gasteiger partial charge in [-0.3, -0.25) is 4.98 Å². The minimum absolute atomic E-state index is 0.323. The quantitative estimate of drug-likeness (QED) is 0.730. The molecule has 0 aliphatic carbocycles. The second kappa shape index (κ2) is 8.90. The largest absolute Gasteiger partial charge is 0.467 e. The number of imidazole rings is 1. The molecule has 0 saturated carbocycles. The van der Waals surface area contributed by atoms with Gasteiger partial charge in [0.15, 0.2) is 0 Å². The van der Waals surface area contributed by atoms with Crippen LogP contribution >= 0.6 is 11.8 Å². The van der Waals surface area contributed by atoms with Crippen molar-refractivity contribution in [3.05, 3.63) is 47.8 Å². The number of methoxy groups -OCH3 is 1. The minimum atomic E-state index is -0.681. The molecule has 2 atom stereocenters. The van der Waals surface area contributed by atoms with Crippen molar-refractivity contribution in [3.8, 4) is 0 Å². The monoisotopic (exact) mass is 389 g/mol. The fourth-order valence-electron chi connectivity index (χ4n) is 3.19. The van der Waals surface area contributed by atoms with Crippen molar-refractivity contribution in [2.24, 2.45) is 0 Å². The van der Waals surface area contributed by atoms with Crippen LogP contribution in [-0.2, 0) is 16.0 Å². The first kappa shape index (κ1) is 19.2. The highest BCUT2D eigenvalue weighted by atomic mass is 32.2. The Kier molecular flexibility index (Phi) is 6.33. The zero-order valence-electron chi connectivity index (χ0n) is 15.3. The molecule has 2 amide bonds. The van der Waals surface area contributed by atoms with Crippen LogP contribution < -0.4 is 5.32 Å². The molecule has 0 unspecified atom stereocenters. The maximum atomic E-state index is 13.0. The summed E-state index contributed by atoms with van der Waals surface area (Å²) in [5, 5.41) is 2.83. The number of fused-ring (bicyclic) bond motifs is 1. The molecule has 8 nitrogen and oxygen atoms in total. The molecular formula is C18H23N5O3S. The van der Waals surface area contributed by atoms with Crippen molar-refractivity contribution in [1.29, 1.82) is 0 Å². The number of amides is 2. The third-order valence-electron chi connectivity index (χ3n) is 4.55. The summed E-state index contributed by atoms with van der Waals surface area (Å²) in [6.45, 7) is 0.499. The van der Waals surface area contributed by atoms with Gasteiger partial charge in [0, 0.05) is 24.9 Å². The molecule has 0 radical (unpaired) electrons. The third-order valence-corrected chi connectivity index (χ3v) is 5.19. The van der Waals surface area contributed by atoms with Gasteiger partial charge in [-0.15, -0.1) is 0 Å². The molecule has 1 aliphatic heterocycles. The van der Waals surface area contributed by atoms with Gasteiger partial charge in [0.05, 0.1) is 24.8 Å². The van der Waals surface area contributed by atoms with E-state index in [1.54, 1.807) is 29.2 Å². The van der Waals surface area contributed by atoms with E-state index in [0.717, 1.165) is 22.8 Å². The number of urea groups is 1. The van der Waals surface area contributed by atoms with Crippen molar-refractivity contribution in [2.45, 2.75) is 24.9 Å².